The number of carboxylic acids is 2. The normalized spacial score (nSPS) is 13.3. The highest BCUT2D eigenvalue weighted by molar-refractivity contribution is 5.89. The number of carboxylic acid groups (broad SMARTS) is 2. The number of rotatable bonds is 6. The zero-order valence-electron chi connectivity index (χ0n) is 9.95. The molecule has 1 unspecified atom stereocenters. The molecular formula is C12H14N2O5. The van der Waals surface area contributed by atoms with Gasteiger partial charge >= 0.3 is 11.9 Å². The molecule has 7 heteroatoms. The maximum atomic E-state index is 11.6. The number of aliphatic carboxylic acids is 2. The summed E-state index contributed by atoms with van der Waals surface area (Å²) in [6.45, 7) is 0. The Balaban J connectivity index is 2.78. The number of hydrogen-bond acceptors (Lipinski definition) is 4. The minimum absolute atomic E-state index is 0.380. The Morgan fingerprint density at radius 3 is 2.21 bits per heavy atom. The van der Waals surface area contributed by atoms with Crippen molar-refractivity contribution in [2.75, 3.05) is 0 Å². The Hall–Kier alpha value is -2.41. The number of carbonyl (C=O) groups excluding carboxylic acids is 1. The fraction of sp³-hybridized carbons (Fsp3) is 0.250. The van der Waals surface area contributed by atoms with E-state index in [2.05, 4.69) is 5.32 Å². The first-order valence-electron chi connectivity index (χ1n) is 5.47. The van der Waals surface area contributed by atoms with Crippen LogP contribution in [0.15, 0.2) is 30.3 Å². The molecule has 19 heavy (non-hydrogen) atoms. The third kappa shape index (κ3) is 4.40. The third-order valence-corrected chi connectivity index (χ3v) is 2.40. The summed E-state index contributed by atoms with van der Waals surface area (Å²) in [6.07, 6.45) is -0.563. The summed E-state index contributed by atoms with van der Waals surface area (Å²) in [4.78, 5) is 33.1. The van der Waals surface area contributed by atoms with Crippen LogP contribution >= 0.6 is 0 Å². The summed E-state index contributed by atoms with van der Waals surface area (Å²) in [7, 11) is 0. The van der Waals surface area contributed by atoms with E-state index in [1.807, 2.05) is 0 Å². The van der Waals surface area contributed by atoms with E-state index in [1.54, 1.807) is 30.3 Å². The van der Waals surface area contributed by atoms with Gasteiger partial charge in [0.05, 0.1) is 12.5 Å². The topological polar surface area (TPSA) is 130 Å². The Kier molecular flexibility index (Phi) is 5.01. The first-order valence-corrected chi connectivity index (χ1v) is 5.47. The molecule has 7 nitrogen and oxygen atoms in total. The van der Waals surface area contributed by atoms with Gasteiger partial charge < -0.3 is 21.3 Å². The molecule has 0 bridgehead atoms. The van der Waals surface area contributed by atoms with Crippen LogP contribution in [0.1, 0.15) is 18.0 Å². The Morgan fingerprint density at radius 2 is 1.74 bits per heavy atom. The molecule has 0 aliphatic carbocycles. The van der Waals surface area contributed by atoms with Gasteiger partial charge in [0.2, 0.25) is 5.91 Å². The number of carbonyl (C=O) groups is 3. The van der Waals surface area contributed by atoms with Crippen molar-refractivity contribution in [3.8, 4) is 0 Å². The molecular weight excluding hydrogens is 252 g/mol. The largest absolute Gasteiger partial charge is 0.481 e. The lowest BCUT2D eigenvalue weighted by Gasteiger charge is -2.17. The molecule has 1 amide bonds. The van der Waals surface area contributed by atoms with E-state index in [-0.39, 0.29) is 0 Å². The molecule has 0 saturated heterocycles. The van der Waals surface area contributed by atoms with Gasteiger partial charge in [0.15, 0.2) is 6.04 Å². The second-order valence-corrected chi connectivity index (χ2v) is 3.89. The monoisotopic (exact) mass is 266 g/mol. The van der Waals surface area contributed by atoms with Crippen LogP contribution in [0.4, 0.5) is 0 Å². The lowest BCUT2D eigenvalue weighted by atomic mass is 10.1. The maximum absolute atomic E-state index is 11.6. The molecule has 5 N–H and O–H groups in total. The van der Waals surface area contributed by atoms with E-state index in [9.17, 15) is 14.4 Å². The van der Waals surface area contributed by atoms with Crippen LogP contribution in [0.25, 0.3) is 0 Å². The first-order chi connectivity index (χ1) is 8.91. The van der Waals surface area contributed by atoms with E-state index < -0.39 is 36.4 Å². The van der Waals surface area contributed by atoms with Crippen molar-refractivity contribution in [3.05, 3.63) is 35.9 Å². The van der Waals surface area contributed by atoms with Crippen molar-refractivity contribution in [2.24, 2.45) is 5.73 Å². The van der Waals surface area contributed by atoms with Crippen LogP contribution in [0.3, 0.4) is 0 Å². The zero-order chi connectivity index (χ0) is 14.4. The number of amides is 1. The minimum atomic E-state index is -1.29. The lowest BCUT2D eigenvalue weighted by molar-refractivity contribution is -0.142. The van der Waals surface area contributed by atoms with Crippen LogP contribution < -0.4 is 11.1 Å². The maximum Gasteiger partial charge on any atom is 0.330 e. The second kappa shape index (κ2) is 6.50. The Morgan fingerprint density at radius 1 is 1.16 bits per heavy atom. The number of nitrogens with two attached hydrogens (primary N) is 1. The minimum Gasteiger partial charge on any atom is -0.481 e. The van der Waals surface area contributed by atoms with Crippen molar-refractivity contribution in [1.82, 2.24) is 5.32 Å². The van der Waals surface area contributed by atoms with E-state index in [4.69, 9.17) is 15.9 Å². The average molecular weight is 266 g/mol. The molecule has 0 heterocycles. The predicted molar refractivity (Wildman–Crippen MR) is 65.2 cm³/mol. The highest BCUT2D eigenvalue weighted by Gasteiger charge is 2.25. The van der Waals surface area contributed by atoms with Crippen LogP contribution in [-0.2, 0) is 14.4 Å². The molecule has 0 aliphatic rings. The molecule has 102 valence electrons. The van der Waals surface area contributed by atoms with Gasteiger partial charge in [-0.1, -0.05) is 30.3 Å². The molecule has 0 fully saturated rings. The Labute approximate surface area is 109 Å². The summed E-state index contributed by atoms with van der Waals surface area (Å²) < 4.78 is 0. The predicted octanol–water partition coefficient (Wildman–Crippen LogP) is -0.269. The van der Waals surface area contributed by atoms with Gasteiger partial charge in [-0.15, -0.1) is 0 Å². The smallest absolute Gasteiger partial charge is 0.330 e. The summed E-state index contributed by atoms with van der Waals surface area (Å²) >= 11 is 0. The molecule has 0 spiro atoms. The number of benzene rings is 1. The van der Waals surface area contributed by atoms with Crippen molar-refractivity contribution in [2.45, 2.75) is 18.5 Å². The second-order valence-electron chi connectivity index (χ2n) is 3.89. The van der Waals surface area contributed by atoms with Crippen LogP contribution in [0.5, 0.6) is 0 Å². The van der Waals surface area contributed by atoms with Gasteiger partial charge in [-0.25, -0.2) is 4.79 Å². The van der Waals surface area contributed by atoms with Crippen LogP contribution in [0.2, 0.25) is 0 Å². The van der Waals surface area contributed by atoms with Gasteiger partial charge in [0, 0.05) is 0 Å². The molecule has 1 rings (SSSR count). The van der Waals surface area contributed by atoms with E-state index in [1.165, 1.54) is 0 Å². The standard InChI is InChI=1S/C12H14N2O5/c13-8(6-9(15)16)11(17)14-10(12(18)19)7-4-2-1-3-5-7/h1-5,8,10H,6,13H2,(H,14,17)(H,15,16)(H,18,19)/t8?,10-/m0/s1. The Bertz CT molecular complexity index is 474. The molecule has 1 aromatic carbocycles. The van der Waals surface area contributed by atoms with E-state index >= 15 is 0 Å². The van der Waals surface area contributed by atoms with Gasteiger partial charge in [-0.05, 0) is 5.56 Å². The van der Waals surface area contributed by atoms with Gasteiger partial charge in [0.1, 0.15) is 0 Å². The summed E-state index contributed by atoms with van der Waals surface area (Å²) in [5.74, 6) is -3.30. The van der Waals surface area contributed by atoms with Crippen molar-refractivity contribution < 1.29 is 24.6 Å². The van der Waals surface area contributed by atoms with Gasteiger partial charge in [0.25, 0.3) is 0 Å². The lowest BCUT2D eigenvalue weighted by Crippen LogP contribution is -2.45. The molecule has 0 aromatic heterocycles. The first kappa shape index (κ1) is 14.7. The average Bonchev–Trinajstić information content (AvgIpc) is 2.35. The summed E-state index contributed by atoms with van der Waals surface area (Å²) in [5.41, 5.74) is 5.74. The zero-order valence-corrected chi connectivity index (χ0v) is 9.95. The van der Waals surface area contributed by atoms with Crippen molar-refractivity contribution >= 4 is 17.8 Å². The molecule has 1 aromatic rings. The molecule has 0 aliphatic heterocycles. The fourth-order valence-electron chi connectivity index (χ4n) is 1.46. The summed E-state index contributed by atoms with van der Waals surface area (Å²) in [6, 6.07) is 5.52. The van der Waals surface area contributed by atoms with Crippen LogP contribution in [-0.4, -0.2) is 34.1 Å². The molecule has 0 saturated carbocycles. The van der Waals surface area contributed by atoms with Crippen molar-refractivity contribution in [3.63, 3.8) is 0 Å². The number of hydrogen-bond donors (Lipinski definition) is 4. The van der Waals surface area contributed by atoms with Crippen LogP contribution in [0, 0.1) is 0 Å². The third-order valence-electron chi connectivity index (χ3n) is 2.40. The van der Waals surface area contributed by atoms with Gasteiger partial charge in [-0.2, -0.15) is 0 Å². The summed E-state index contributed by atoms with van der Waals surface area (Å²) in [5, 5.41) is 19.8. The number of nitrogens with one attached hydrogen (secondary N) is 1. The highest BCUT2D eigenvalue weighted by Crippen LogP contribution is 2.12. The molecule has 0 radical (unpaired) electrons. The SMILES string of the molecule is NC(CC(=O)O)C(=O)N[C@H](C(=O)O)c1ccccc1. The van der Waals surface area contributed by atoms with E-state index in [0.29, 0.717) is 5.56 Å². The fourth-order valence-corrected chi connectivity index (χ4v) is 1.46. The molecule has 2 atom stereocenters. The highest BCUT2D eigenvalue weighted by atomic mass is 16.4. The quantitative estimate of drug-likeness (QED) is 0.560. The van der Waals surface area contributed by atoms with E-state index in [0.717, 1.165) is 0 Å². The van der Waals surface area contributed by atoms with Gasteiger partial charge in [-0.3, -0.25) is 9.59 Å². The van der Waals surface area contributed by atoms with Crippen molar-refractivity contribution in [1.29, 1.82) is 0 Å².